The smallest absolute Gasteiger partial charge is 0.416 e. The number of carboxylic acid groups (broad SMARTS) is 1. The molecule has 0 unspecified atom stereocenters. The summed E-state index contributed by atoms with van der Waals surface area (Å²) in [4.78, 5) is 24.6. The van der Waals surface area contributed by atoms with Crippen LogP contribution in [0.2, 0.25) is 0 Å². The van der Waals surface area contributed by atoms with E-state index in [2.05, 4.69) is 5.32 Å². The molecule has 212 valence electrons. The van der Waals surface area contributed by atoms with E-state index in [1.807, 2.05) is 6.92 Å². The minimum Gasteiger partial charge on any atom is -0.488 e. The van der Waals surface area contributed by atoms with Crippen molar-refractivity contribution in [3.63, 3.8) is 0 Å². The van der Waals surface area contributed by atoms with Crippen LogP contribution in [0.4, 0.5) is 22.0 Å². The number of benzene rings is 4. The Morgan fingerprint density at radius 2 is 1.56 bits per heavy atom. The molecule has 0 bridgehead atoms. The molecule has 0 radical (unpaired) electrons. The van der Waals surface area contributed by atoms with Crippen molar-refractivity contribution >= 4 is 11.9 Å². The van der Waals surface area contributed by atoms with Crippen LogP contribution in [0.3, 0.4) is 0 Å². The summed E-state index contributed by atoms with van der Waals surface area (Å²) in [5, 5.41) is 12.4. The number of nitrogens with one attached hydrogen (secondary N) is 1. The molecular formula is C31H24F5NO4. The predicted molar refractivity (Wildman–Crippen MR) is 143 cm³/mol. The van der Waals surface area contributed by atoms with Gasteiger partial charge in [0.1, 0.15) is 24.0 Å². The Balaban J connectivity index is 1.86. The molecule has 4 rings (SSSR count). The van der Waals surface area contributed by atoms with Crippen molar-refractivity contribution in [1.29, 1.82) is 0 Å². The zero-order valence-electron chi connectivity index (χ0n) is 21.7. The fourth-order valence-electron chi connectivity index (χ4n) is 4.18. The first-order valence-corrected chi connectivity index (χ1v) is 12.5. The first-order chi connectivity index (χ1) is 19.5. The summed E-state index contributed by atoms with van der Waals surface area (Å²) in [5.41, 5.74) is -0.260. The number of hydrogen-bond acceptors (Lipinski definition) is 3. The number of carbonyl (C=O) groups is 2. The largest absolute Gasteiger partial charge is 0.488 e. The molecule has 0 saturated carbocycles. The zero-order chi connectivity index (χ0) is 29.7. The number of halogens is 5. The zero-order valence-corrected chi connectivity index (χ0v) is 21.7. The molecule has 0 heterocycles. The molecule has 0 atom stereocenters. The van der Waals surface area contributed by atoms with Gasteiger partial charge in [0.25, 0.3) is 5.91 Å². The molecule has 0 aliphatic heterocycles. The topological polar surface area (TPSA) is 75.6 Å². The molecule has 0 spiro atoms. The number of carboxylic acids is 1. The highest BCUT2D eigenvalue weighted by molar-refractivity contribution is 6.00. The molecule has 0 aliphatic carbocycles. The van der Waals surface area contributed by atoms with Crippen molar-refractivity contribution in [3.05, 3.63) is 113 Å². The first-order valence-electron chi connectivity index (χ1n) is 12.5. The van der Waals surface area contributed by atoms with Crippen LogP contribution in [0.5, 0.6) is 5.75 Å². The van der Waals surface area contributed by atoms with Crippen molar-refractivity contribution in [2.24, 2.45) is 0 Å². The van der Waals surface area contributed by atoms with Crippen LogP contribution in [0.1, 0.15) is 45.2 Å². The lowest BCUT2D eigenvalue weighted by molar-refractivity contribution is -0.137. The van der Waals surface area contributed by atoms with Gasteiger partial charge in [-0.25, -0.2) is 13.6 Å². The second-order valence-corrected chi connectivity index (χ2v) is 9.14. The van der Waals surface area contributed by atoms with Crippen LogP contribution in [0.15, 0.2) is 78.9 Å². The summed E-state index contributed by atoms with van der Waals surface area (Å²) >= 11 is 0. The van der Waals surface area contributed by atoms with Gasteiger partial charge in [0.15, 0.2) is 0 Å². The van der Waals surface area contributed by atoms with Crippen molar-refractivity contribution in [1.82, 2.24) is 5.32 Å². The third-order valence-corrected chi connectivity index (χ3v) is 6.21. The molecule has 0 fully saturated rings. The van der Waals surface area contributed by atoms with E-state index < -0.39 is 41.9 Å². The van der Waals surface area contributed by atoms with Gasteiger partial charge in [0.05, 0.1) is 11.1 Å². The Bertz CT molecular complexity index is 1600. The van der Waals surface area contributed by atoms with Crippen LogP contribution < -0.4 is 10.1 Å². The lowest BCUT2D eigenvalue weighted by Crippen LogP contribution is -2.24. The highest BCUT2D eigenvalue weighted by Crippen LogP contribution is 2.41. The van der Waals surface area contributed by atoms with E-state index >= 15 is 0 Å². The van der Waals surface area contributed by atoms with Crippen LogP contribution in [-0.4, -0.2) is 23.5 Å². The SMILES string of the molecule is CCCNC(=O)c1cc(C(=O)O)cc(-c2ccccc2-c2cc(C(F)(F)F)ccc2OCc2ccc(F)cc2F)c1. The van der Waals surface area contributed by atoms with Gasteiger partial charge in [-0.3, -0.25) is 4.79 Å². The fraction of sp³-hybridized carbons (Fsp3) is 0.161. The third-order valence-electron chi connectivity index (χ3n) is 6.21. The van der Waals surface area contributed by atoms with Gasteiger partial charge in [-0.05, 0) is 71.6 Å². The molecule has 2 N–H and O–H groups in total. The van der Waals surface area contributed by atoms with E-state index in [1.165, 1.54) is 30.3 Å². The molecule has 0 saturated heterocycles. The summed E-state index contributed by atoms with van der Waals surface area (Å²) in [6, 6.07) is 16.0. The minimum atomic E-state index is -4.70. The quantitative estimate of drug-likeness (QED) is 0.202. The van der Waals surface area contributed by atoms with Crippen LogP contribution in [0.25, 0.3) is 22.3 Å². The van der Waals surface area contributed by atoms with E-state index in [1.54, 1.807) is 18.2 Å². The Morgan fingerprint density at radius 3 is 2.22 bits per heavy atom. The normalized spacial score (nSPS) is 11.3. The number of alkyl halides is 3. The van der Waals surface area contributed by atoms with Gasteiger partial charge in [0.2, 0.25) is 0 Å². The van der Waals surface area contributed by atoms with Gasteiger partial charge in [-0.15, -0.1) is 0 Å². The molecule has 0 aromatic heterocycles. The average molecular weight is 570 g/mol. The molecule has 41 heavy (non-hydrogen) atoms. The van der Waals surface area contributed by atoms with Gasteiger partial charge >= 0.3 is 12.1 Å². The van der Waals surface area contributed by atoms with Crippen LogP contribution in [0, 0.1) is 11.6 Å². The molecule has 4 aromatic rings. The molecular weight excluding hydrogens is 545 g/mol. The van der Waals surface area contributed by atoms with E-state index in [9.17, 15) is 36.6 Å². The molecule has 10 heteroatoms. The van der Waals surface area contributed by atoms with Crippen LogP contribution >= 0.6 is 0 Å². The maximum absolute atomic E-state index is 14.2. The lowest BCUT2D eigenvalue weighted by Gasteiger charge is -2.18. The maximum Gasteiger partial charge on any atom is 0.416 e. The number of hydrogen-bond donors (Lipinski definition) is 2. The van der Waals surface area contributed by atoms with Gasteiger partial charge in [-0.2, -0.15) is 13.2 Å². The highest BCUT2D eigenvalue weighted by Gasteiger charge is 2.32. The van der Waals surface area contributed by atoms with Crippen molar-refractivity contribution in [2.45, 2.75) is 26.1 Å². The van der Waals surface area contributed by atoms with E-state index in [4.69, 9.17) is 4.74 Å². The highest BCUT2D eigenvalue weighted by atomic mass is 19.4. The Hall–Kier alpha value is -4.73. The van der Waals surface area contributed by atoms with Crippen molar-refractivity contribution in [2.75, 3.05) is 6.54 Å². The fourth-order valence-corrected chi connectivity index (χ4v) is 4.18. The number of amides is 1. The summed E-state index contributed by atoms with van der Waals surface area (Å²) < 4.78 is 74.5. The standard InChI is InChI=1S/C31H24F5NO4/c1-2-11-37-29(38)20-12-19(13-21(14-20)30(39)40)24-5-3-4-6-25(24)26-15-22(31(34,35)36)8-10-28(26)41-17-18-7-9-23(32)16-27(18)33/h3-10,12-16H,2,11,17H2,1H3,(H,37,38)(H,39,40). The van der Waals surface area contributed by atoms with Crippen LogP contribution in [-0.2, 0) is 12.8 Å². The number of aromatic carboxylic acids is 1. The third kappa shape index (κ3) is 6.89. The molecule has 5 nitrogen and oxygen atoms in total. The van der Waals surface area contributed by atoms with E-state index in [0.717, 1.165) is 24.3 Å². The van der Waals surface area contributed by atoms with Crippen molar-refractivity contribution < 1.29 is 41.4 Å². The van der Waals surface area contributed by atoms with Gasteiger partial charge in [-0.1, -0.05) is 31.2 Å². The monoisotopic (exact) mass is 569 g/mol. The van der Waals surface area contributed by atoms with Gasteiger partial charge in [0, 0.05) is 29.3 Å². The number of ether oxygens (including phenoxy) is 1. The second-order valence-electron chi connectivity index (χ2n) is 9.14. The lowest BCUT2D eigenvalue weighted by atomic mass is 9.91. The van der Waals surface area contributed by atoms with E-state index in [0.29, 0.717) is 24.6 Å². The maximum atomic E-state index is 14.2. The number of rotatable bonds is 9. The summed E-state index contributed by atoms with van der Waals surface area (Å²) in [7, 11) is 0. The molecule has 0 aliphatic rings. The summed E-state index contributed by atoms with van der Waals surface area (Å²) in [6.07, 6.45) is -4.04. The van der Waals surface area contributed by atoms with E-state index in [-0.39, 0.29) is 39.1 Å². The Morgan fingerprint density at radius 1 is 0.854 bits per heavy atom. The summed E-state index contributed by atoms with van der Waals surface area (Å²) in [6.45, 7) is 1.82. The average Bonchev–Trinajstić information content (AvgIpc) is 2.94. The second kappa shape index (κ2) is 12.2. The Labute approximate surface area is 232 Å². The van der Waals surface area contributed by atoms with Crippen molar-refractivity contribution in [3.8, 4) is 28.0 Å². The number of carbonyl (C=O) groups excluding carboxylic acids is 1. The Kier molecular flexibility index (Phi) is 8.71. The predicted octanol–water partition coefficient (Wildman–Crippen LogP) is 7.73. The summed E-state index contributed by atoms with van der Waals surface area (Å²) in [5.74, 6) is -3.49. The van der Waals surface area contributed by atoms with Gasteiger partial charge < -0.3 is 15.2 Å². The first kappa shape index (κ1) is 29.3. The minimum absolute atomic E-state index is 0.00402. The molecule has 4 aromatic carbocycles. The molecule has 1 amide bonds.